The van der Waals surface area contributed by atoms with Crippen LogP contribution in [0.4, 0.5) is 0 Å². The summed E-state index contributed by atoms with van der Waals surface area (Å²) in [5.74, 6) is 6.69. The van der Waals surface area contributed by atoms with Gasteiger partial charge in [-0.25, -0.2) is 0 Å². The number of aliphatic hydroxyl groups excluding tert-OH is 2. The molecular formula is C40H56O2. The van der Waals surface area contributed by atoms with Gasteiger partial charge in [0.05, 0.1) is 12.2 Å². The maximum Gasteiger partial charge on any atom is 0.0586 e. The average molecular weight is 569 g/mol. The van der Waals surface area contributed by atoms with Crippen LogP contribution in [0.5, 0.6) is 0 Å². The molecule has 42 heavy (non-hydrogen) atoms. The van der Waals surface area contributed by atoms with Crippen molar-refractivity contribution in [2.75, 3.05) is 0 Å². The minimum Gasteiger partial charge on any atom is -0.393 e. The van der Waals surface area contributed by atoms with Crippen LogP contribution in [-0.4, -0.2) is 22.4 Å². The van der Waals surface area contributed by atoms with Gasteiger partial charge in [-0.15, -0.1) is 0 Å². The summed E-state index contributed by atoms with van der Waals surface area (Å²) in [6, 6.07) is 0. The summed E-state index contributed by atoms with van der Waals surface area (Å²) in [6.07, 6.45) is 25.9. The Morgan fingerprint density at radius 1 is 0.738 bits per heavy atom. The molecule has 0 aliphatic heterocycles. The first-order chi connectivity index (χ1) is 19.6. The molecule has 0 heterocycles. The fourth-order valence-corrected chi connectivity index (χ4v) is 6.31. The zero-order chi connectivity index (χ0) is 31.5. The Balaban J connectivity index is 1.87. The highest BCUT2D eigenvalue weighted by Gasteiger charge is 2.33. The standard InChI is InChI=1S/C40H56O2/c1-29(17-13-19-31(3)21-23-37-33(5)25-35(41)27-39(37,7)8)15-11-12-16-30(2)18-14-20-32(4)22-24-38-34(6)26-36(42)28-40(38,9)10/h11-20,35-36,41-42H,21,23,25-28H2,1-10H3. The van der Waals surface area contributed by atoms with Crippen molar-refractivity contribution >= 4 is 0 Å². The van der Waals surface area contributed by atoms with Crippen LogP contribution in [0.25, 0.3) is 0 Å². The van der Waals surface area contributed by atoms with Crippen LogP contribution in [0.3, 0.4) is 0 Å². The molecule has 0 aromatic heterocycles. The normalized spacial score (nSPS) is 24.3. The van der Waals surface area contributed by atoms with Crippen molar-refractivity contribution in [2.24, 2.45) is 10.8 Å². The Morgan fingerprint density at radius 2 is 1.26 bits per heavy atom. The van der Waals surface area contributed by atoms with Crippen molar-refractivity contribution in [1.29, 1.82) is 0 Å². The monoisotopic (exact) mass is 568 g/mol. The van der Waals surface area contributed by atoms with Gasteiger partial charge in [-0.3, -0.25) is 0 Å². The highest BCUT2D eigenvalue weighted by molar-refractivity contribution is 5.45. The van der Waals surface area contributed by atoms with Crippen LogP contribution < -0.4 is 0 Å². The third-order valence-electron chi connectivity index (χ3n) is 8.44. The van der Waals surface area contributed by atoms with E-state index in [1.54, 1.807) is 0 Å². The van der Waals surface area contributed by atoms with Crippen molar-refractivity contribution in [3.05, 3.63) is 105 Å². The second-order valence-electron chi connectivity index (χ2n) is 13.8. The smallest absolute Gasteiger partial charge is 0.0586 e. The summed E-state index contributed by atoms with van der Waals surface area (Å²) in [4.78, 5) is 0. The largest absolute Gasteiger partial charge is 0.393 e. The molecule has 2 atom stereocenters. The molecule has 2 heteroatoms. The minimum atomic E-state index is -0.258. The molecule has 228 valence electrons. The summed E-state index contributed by atoms with van der Waals surface area (Å²) in [5.41, 5.74) is 10.1. The summed E-state index contributed by atoms with van der Waals surface area (Å²) >= 11 is 0. The molecular weight excluding hydrogens is 512 g/mol. The van der Waals surface area contributed by atoms with Gasteiger partial charge in [-0.05, 0) is 91.1 Å². The second-order valence-corrected chi connectivity index (χ2v) is 13.8. The van der Waals surface area contributed by atoms with Gasteiger partial charge in [0.15, 0.2) is 0 Å². The van der Waals surface area contributed by atoms with E-state index in [1.165, 1.54) is 39.0 Å². The molecule has 0 saturated carbocycles. The Hall–Kier alpha value is -2.86. The van der Waals surface area contributed by atoms with Crippen molar-refractivity contribution in [1.82, 2.24) is 0 Å². The molecule has 0 aromatic carbocycles. The van der Waals surface area contributed by atoms with E-state index in [0.29, 0.717) is 0 Å². The lowest BCUT2D eigenvalue weighted by molar-refractivity contribution is 0.113. The quantitative estimate of drug-likeness (QED) is 0.165. The summed E-state index contributed by atoms with van der Waals surface area (Å²) in [5, 5.41) is 20.2. The molecule has 0 spiro atoms. The lowest BCUT2D eigenvalue weighted by Crippen LogP contribution is -2.29. The van der Waals surface area contributed by atoms with Crippen molar-refractivity contribution < 1.29 is 10.2 Å². The average Bonchev–Trinajstić information content (AvgIpc) is 2.84. The van der Waals surface area contributed by atoms with Crippen LogP contribution in [0, 0.1) is 22.7 Å². The molecule has 0 saturated heterocycles. The number of allylic oxidation sites excluding steroid dienone is 16. The van der Waals surface area contributed by atoms with E-state index in [1.807, 2.05) is 6.92 Å². The molecule has 0 aromatic rings. The number of rotatable bonds is 9. The van der Waals surface area contributed by atoms with Crippen molar-refractivity contribution in [3.8, 4) is 11.8 Å². The zero-order valence-electron chi connectivity index (χ0n) is 28.1. The maximum atomic E-state index is 10.1. The second kappa shape index (κ2) is 16.1. The highest BCUT2D eigenvalue weighted by atomic mass is 16.3. The van der Waals surface area contributed by atoms with Crippen LogP contribution in [0.2, 0.25) is 0 Å². The molecule has 2 N–H and O–H groups in total. The van der Waals surface area contributed by atoms with Crippen LogP contribution >= 0.6 is 0 Å². The third kappa shape index (κ3) is 11.8. The number of aliphatic hydroxyl groups is 2. The van der Waals surface area contributed by atoms with Gasteiger partial charge in [0, 0.05) is 11.0 Å². The first-order valence-electron chi connectivity index (χ1n) is 15.6. The molecule has 2 nitrogen and oxygen atoms in total. The van der Waals surface area contributed by atoms with E-state index in [-0.39, 0.29) is 23.0 Å². The van der Waals surface area contributed by atoms with Crippen LogP contribution in [0.1, 0.15) is 108 Å². The van der Waals surface area contributed by atoms with E-state index in [4.69, 9.17) is 0 Å². The highest BCUT2D eigenvalue weighted by Crippen LogP contribution is 2.43. The Kier molecular flexibility index (Phi) is 13.6. The summed E-state index contributed by atoms with van der Waals surface area (Å²) < 4.78 is 0. The Labute approximate surface area is 257 Å². The zero-order valence-corrected chi connectivity index (χ0v) is 28.1. The van der Waals surface area contributed by atoms with E-state index >= 15 is 0 Å². The molecule has 0 bridgehead atoms. The van der Waals surface area contributed by atoms with Crippen LogP contribution in [-0.2, 0) is 0 Å². The predicted octanol–water partition coefficient (Wildman–Crippen LogP) is 10.2. The van der Waals surface area contributed by atoms with E-state index in [9.17, 15) is 10.2 Å². The molecule has 0 fully saturated rings. The maximum absolute atomic E-state index is 10.1. The Bertz CT molecular complexity index is 1300. The lowest BCUT2D eigenvalue weighted by Gasteiger charge is -2.37. The van der Waals surface area contributed by atoms with Gasteiger partial charge in [-0.2, -0.15) is 0 Å². The first-order valence-corrected chi connectivity index (χ1v) is 15.6. The van der Waals surface area contributed by atoms with E-state index < -0.39 is 0 Å². The molecule has 0 radical (unpaired) electrons. The number of hydrogen-bond acceptors (Lipinski definition) is 2. The molecule has 2 unspecified atom stereocenters. The first kappa shape index (κ1) is 35.3. The summed E-state index contributed by atoms with van der Waals surface area (Å²) in [7, 11) is 0. The van der Waals surface area contributed by atoms with Gasteiger partial charge in [0.25, 0.3) is 0 Å². The molecule has 2 rings (SSSR count). The van der Waals surface area contributed by atoms with Crippen molar-refractivity contribution in [2.45, 2.75) is 120 Å². The Morgan fingerprint density at radius 3 is 1.81 bits per heavy atom. The topological polar surface area (TPSA) is 40.5 Å². The van der Waals surface area contributed by atoms with Crippen LogP contribution in [0.15, 0.2) is 105 Å². The lowest BCUT2D eigenvalue weighted by atomic mass is 9.70. The van der Waals surface area contributed by atoms with Gasteiger partial charge >= 0.3 is 0 Å². The SMILES string of the molecule is CC(C#CC1=C(C)CC(O)CC1(C)C)=CC=CC(C)=CC=CC=C(C)C=CC=C(C)CCC1=C(C)CC(O)CC1(C)C. The fraction of sp³-hybridized carbons (Fsp3) is 0.500. The fourth-order valence-electron chi connectivity index (χ4n) is 6.31. The van der Waals surface area contributed by atoms with Gasteiger partial charge < -0.3 is 10.2 Å². The predicted molar refractivity (Wildman–Crippen MR) is 183 cm³/mol. The van der Waals surface area contributed by atoms with Gasteiger partial charge in [0.2, 0.25) is 0 Å². The van der Waals surface area contributed by atoms with Gasteiger partial charge in [-0.1, -0.05) is 134 Å². The summed E-state index contributed by atoms with van der Waals surface area (Å²) in [6.45, 7) is 21.6. The molecule has 2 aliphatic rings. The molecule has 0 amide bonds. The number of hydrogen-bond donors (Lipinski definition) is 2. The van der Waals surface area contributed by atoms with E-state index in [2.05, 4.69) is 135 Å². The van der Waals surface area contributed by atoms with E-state index in [0.717, 1.165) is 44.1 Å². The van der Waals surface area contributed by atoms with Crippen molar-refractivity contribution in [3.63, 3.8) is 0 Å². The minimum absolute atomic E-state index is 0.0787. The molecule has 2 aliphatic carbocycles. The van der Waals surface area contributed by atoms with Gasteiger partial charge in [0.1, 0.15) is 0 Å². The third-order valence-corrected chi connectivity index (χ3v) is 8.44.